The van der Waals surface area contributed by atoms with Crippen molar-refractivity contribution in [1.82, 2.24) is 4.98 Å². The van der Waals surface area contributed by atoms with Gasteiger partial charge in [0.15, 0.2) is 0 Å². The van der Waals surface area contributed by atoms with Crippen molar-refractivity contribution < 1.29 is 4.79 Å². The highest BCUT2D eigenvalue weighted by Crippen LogP contribution is 2.31. The second-order valence-corrected chi connectivity index (χ2v) is 4.96. The third-order valence-corrected chi connectivity index (χ3v) is 3.12. The number of nitrogen functional groups attached to an aromatic ring is 1. The van der Waals surface area contributed by atoms with Crippen LogP contribution in [-0.4, -0.2) is 22.3 Å². The van der Waals surface area contributed by atoms with E-state index in [1.54, 1.807) is 11.1 Å². The Bertz CT molecular complexity index is 387. The van der Waals surface area contributed by atoms with Crippen molar-refractivity contribution in [3.63, 3.8) is 0 Å². The summed E-state index contributed by atoms with van der Waals surface area (Å²) in [6.45, 7) is 2.60. The lowest BCUT2D eigenvalue weighted by atomic mass is 10.2. The summed E-state index contributed by atoms with van der Waals surface area (Å²) in [5, 5.41) is 0. The number of carbonyl (C=O) groups excluding carboxylic acids is 1. The van der Waals surface area contributed by atoms with Gasteiger partial charge in [-0.2, -0.15) is 0 Å². The highest BCUT2D eigenvalue weighted by Gasteiger charge is 2.30. The predicted octanol–water partition coefficient (Wildman–Crippen LogP) is 1.47. The second kappa shape index (κ2) is 3.81. The molecule has 1 aliphatic rings. The van der Waals surface area contributed by atoms with E-state index >= 15 is 0 Å². The molecule has 0 spiro atoms. The van der Waals surface area contributed by atoms with Gasteiger partial charge in [-0.3, -0.25) is 4.79 Å². The molecule has 15 heavy (non-hydrogen) atoms. The zero-order chi connectivity index (χ0) is 11.0. The summed E-state index contributed by atoms with van der Waals surface area (Å²) < 4.78 is 0. The van der Waals surface area contributed by atoms with Gasteiger partial charge >= 0.3 is 0 Å². The summed E-state index contributed by atoms with van der Waals surface area (Å²) in [4.78, 5) is 17.6. The Morgan fingerprint density at radius 1 is 1.67 bits per heavy atom. The number of anilines is 2. The molecule has 1 atom stereocenters. The summed E-state index contributed by atoms with van der Waals surface area (Å²) in [6, 6.07) is 1.86. The molecule has 1 unspecified atom stereocenters. The van der Waals surface area contributed by atoms with E-state index in [2.05, 4.69) is 20.9 Å². The Kier molecular flexibility index (Phi) is 2.65. The zero-order valence-electron chi connectivity index (χ0n) is 8.40. The lowest BCUT2D eigenvalue weighted by Crippen LogP contribution is -2.26. The van der Waals surface area contributed by atoms with E-state index < -0.39 is 0 Å². The standard InChI is InChI=1S/C10H12BrN3O/c1-6-2-3-13-10(12)9(6)14-5-7(11)4-8(14)15/h2-3,7H,4-5H2,1H3,(H2,12,13). The SMILES string of the molecule is Cc1ccnc(N)c1N1CC(Br)CC1=O. The summed E-state index contributed by atoms with van der Waals surface area (Å²) in [5.41, 5.74) is 7.53. The fraction of sp³-hybridized carbons (Fsp3) is 0.400. The molecule has 2 N–H and O–H groups in total. The molecular formula is C10H12BrN3O. The number of nitrogens with two attached hydrogens (primary N) is 1. The van der Waals surface area contributed by atoms with E-state index in [0.29, 0.717) is 18.8 Å². The molecule has 1 aliphatic heterocycles. The van der Waals surface area contributed by atoms with E-state index in [4.69, 9.17) is 5.73 Å². The maximum absolute atomic E-state index is 11.7. The van der Waals surface area contributed by atoms with Gasteiger partial charge in [-0.05, 0) is 18.6 Å². The van der Waals surface area contributed by atoms with Gasteiger partial charge in [0.05, 0.1) is 5.69 Å². The van der Waals surface area contributed by atoms with Crippen molar-refractivity contribution in [1.29, 1.82) is 0 Å². The molecule has 1 aromatic rings. The average molecular weight is 270 g/mol. The van der Waals surface area contributed by atoms with Crippen molar-refractivity contribution in [2.45, 2.75) is 18.2 Å². The smallest absolute Gasteiger partial charge is 0.228 e. The first kappa shape index (κ1) is 10.4. The Hall–Kier alpha value is -1.10. The number of hydrogen-bond acceptors (Lipinski definition) is 3. The topological polar surface area (TPSA) is 59.2 Å². The van der Waals surface area contributed by atoms with Crippen LogP contribution in [0.2, 0.25) is 0 Å². The molecule has 1 aromatic heterocycles. The lowest BCUT2D eigenvalue weighted by molar-refractivity contribution is -0.117. The summed E-state index contributed by atoms with van der Waals surface area (Å²) in [5.74, 6) is 0.518. The molecule has 2 heterocycles. The van der Waals surface area contributed by atoms with Crippen molar-refractivity contribution in [2.24, 2.45) is 0 Å². The summed E-state index contributed by atoms with van der Waals surface area (Å²) >= 11 is 3.44. The molecule has 5 heteroatoms. The van der Waals surface area contributed by atoms with Crippen molar-refractivity contribution in [2.75, 3.05) is 17.2 Å². The van der Waals surface area contributed by atoms with Gasteiger partial charge in [0.2, 0.25) is 5.91 Å². The minimum absolute atomic E-state index is 0.0969. The molecule has 0 bridgehead atoms. The molecule has 2 rings (SSSR count). The first-order valence-corrected chi connectivity index (χ1v) is 5.66. The van der Waals surface area contributed by atoms with Crippen LogP contribution in [0.5, 0.6) is 0 Å². The third kappa shape index (κ3) is 1.84. The average Bonchev–Trinajstić information content (AvgIpc) is 2.45. The first-order chi connectivity index (χ1) is 7.09. The number of hydrogen-bond donors (Lipinski definition) is 1. The Morgan fingerprint density at radius 3 is 2.93 bits per heavy atom. The van der Waals surface area contributed by atoms with Gasteiger partial charge in [0.25, 0.3) is 0 Å². The molecular weight excluding hydrogens is 258 g/mol. The highest BCUT2D eigenvalue weighted by atomic mass is 79.9. The molecule has 1 fully saturated rings. The van der Waals surface area contributed by atoms with Crippen LogP contribution < -0.4 is 10.6 Å². The fourth-order valence-corrected chi connectivity index (χ4v) is 2.37. The first-order valence-electron chi connectivity index (χ1n) is 4.75. The molecule has 80 valence electrons. The number of aromatic nitrogens is 1. The van der Waals surface area contributed by atoms with E-state index in [9.17, 15) is 4.79 Å². The predicted molar refractivity (Wildman–Crippen MR) is 63.1 cm³/mol. The van der Waals surface area contributed by atoms with Crippen LogP contribution in [0.25, 0.3) is 0 Å². The molecule has 1 amide bonds. The van der Waals surface area contributed by atoms with E-state index in [1.807, 2.05) is 13.0 Å². The van der Waals surface area contributed by atoms with E-state index in [-0.39, 0.29) is 10.7 Å². The second-order valence-electron chi connectivity index (χ2n) is 3.67. The molecule has 0 saturated carbocycles. The van der Waals surface area contributed by atoms with Crippen LogP contribution >= 0.6 is 15.9 Å². The highest BCUT2D eigenvalue weighted by molar-refractivity contribution is 9.09. The molecule has 4 nitrogen and oxygen atoms in total. The maximum Gasteiger partial charge on any atom is 0.228 e. The van der Waals surface area contributed by atoms with Crippen LogP contribution in [0, 0.1) is 6.92 Å². The number of alkyl halides is 1. The monoisotopic (exact) mass is 269 g/mol. The Balaban J connectivity index is 2.41. The number of pyridine rings is 1. The number of amides is 1. The number of carbonyl (C=O) groups is 1. The summed E-state index contributed by atoms with van der Waals surface area (Å²) in [6.07, 6.45) is 2.17. The van der Waals surface area contributed by atoms with Crippen LogP contribution in [0.15, 0.2) is 12.3 Å². The van der Waals surface area contributed by atoms with Gasteiger partial charge < -0.3 is 10.6 Å². The molecule has 0 aliphatic carbocycles. The van der Waals surface area contributed by atoms with Gasteiger partial charge in [-0.1, -0.05) is 15.9 Å². The molecule has 0 aromatic carbocycles. The van der Waals surface area contributed by atoms with Crippen LogP contribution in [-0.2, 0) is 4.79 Å². The van der Waals surface area contributed by atoms with Gasteiger partial charge in [0.1, 0.15) is 5.82 Å². The van der Waals surface area contributed by atoms with Crippen molar-refractivity contribution in [3.05, 3.63) is 17.8 Å². The normalized spacial score (nSPS) is 21.1. The van der Waals surface area contributed by atoms with Crippen LogP contribution in [0.1, 0.15) is 12.0 Å². The number of rotatable bonds is 1. The largest absolute Gasteiger partial charge is 0.382 e. The zero-order valence-corrected chi connectivity index (χ0v) is 9.99. The number of nitrogens with zero attached hydrogens (tertiary/aromatic N) is 2. The quantitative estimate of drug-likeness (QED) is 0.786. The van der Waals surface area contributed by atoms with Gasteiger partial charge in [0, 0.05) is 24.0 Å². The van der Waals surface area contributed by atoms with Gasteiger partial charge in [-0.15, -0.1) is 0 Å². The number of halogens is 1. The molecule has 0 radical (unpaired) electrons. The maximum atomic E-state index is 11.7. The van der Waals surface area contributed by atoms with Crippen LogP contribution in [0.4, 0.5) is 11.5 Å². The van der Waals surface area contributed by atoms with Gasteiger partial charge in [-0.25, -0.2) is 4.98 Å². The Labute approximate surface area is 96.6 Å². The van der Waals surface area contributed by atoms with Crippen molar-refractivity contribution in [3.8, 4) is 0 Å². The summed E-state index contributed by atoms with van der Waals surface area (Å²) in [7, 11) is 0. The van der Waals surface area contributed by atoms with Crippen molar-refractivity contribution >= 4 is 33.3 Å². The molecule has 1 saturated heterocycles. The van der Waals surface area contributed by atoms with Crippen LogP contribution in [0.3, 0.4) is 0 Å². The van der Waals surface area contributed by atoms with E-state index in [1.165, 1.54) is 0 Å². The lowest BCUT2D eigenvalue weighted by Gasteiger charge is -2.19. The Morgan fingerprint density at radius 2 is 2.40 bits per heavy atom. The fourth-order valence-electron chi connectivity index (χ4n) is 1.80. The minimum Gasteiger partial charge on any atom is -0.382 e. The number of aryl methyl sites for hydroxylation is 1. The van der Waals surface area contributed by atoms with E-state index in [0.717, 1.165) is 11.3 Å². The minimum atomic E-state index is 0.0969. The third-order valence-electron chi connectivity index (χ3n) is 2.50.